The zero-order chi connectivity index (χ0) is 37.1. The molecule has 10 rings (SSSR count). The van der Waals surface area contributed by atoms with Gasteiger partial charge in [0.1, 0.15) is 0 Å². The van der Waals surface area contributed by atoms with Crippen molar-refractivity contribution in [2.24, 2.45) is 5.73 Å². The van der Waals surface area contributed by atoms with Gasteiger partial charge in [-0.15, -0.1) is 0 Å². The number of aromatic nitrogens is 6. The highest BCUT2D eigenvalue weighted by atomic mass is 16.5. The van der Waals surface area contributed by atoms with Crippen molar-refractivity contribution < 1.29 is 24.2 Å². The van der Waals surface area contributed by atoms with E-state index < -0.39 is 5.97 Å². The Bertz CT molecular complexity index is 2330. The number of fused-ring (bicyclic) bond motifs is 10. The number of nitrogens with one attached hydrogen (secondary N) is 5. The van der Waals surface area contributed by atoms with Crippen molar-refractivity contribution in [2.45, 2.75) is 76.3 Å². The molecule has 276 valence electrons. The number of hydrogen-bond acceptors (Lipinski definition) is 7. The Morgan fingerprint density at radius 3 is 1.77 bits per heavy atom. The average molecular weight is 719 g/mol. The van der Waals surface area contributed by atoms with Crippen LogP contribution in [-0.2, 0) is 33.1 Å². The standard InChI is InChI=1S/C20H22N4O2.C16H15N3O2.C4H9NO/c1-20(2)8-12-9-21-24-17(12)18-16(20)14-7-11(3-4-15(14)23-18)19(25)22-13-5-6-26-10-13;1-16(2)6-9-7-17-19-13(9)14-12(16)10-5-8(15(20)21)3-4-11(10)18-14;5-4-1-2-6-3-4/h3-4,7,9,13,23H,5-6,8,10H2,1-2H3,(H,21,24)(H,22,25);3-5,7,18H,6H2,1-2H3,(H,17,19)(H,20,21);4H,1-3,5H2/t;;4-/m..0/s1. The molecule has 13 heteroatoms. The van der Waals surface area contributed by atoms with E-state index in [0.29, 0.717) is 23.8 Å². The van der Waals surface area contributed by atoms with Gasteiger partial charge in [0.25, 0.3) is 5.91 Å². The molecule has 0 saturated carbocycles. The summed E-state index contributed by atoms with van der Waals surface area (Å²) in [5, 5.41) is 28.9. The number of rotatable bonds is 3. The number of carbonyl (C=O) groups is 2. The molecule has 4 aromatic heterocycles. The van der Waals surface area contributed by atoms with Crippen LogP contribution in [0.5, 0.6) is 0 Å². The lowest BCUT2D eigenvalue weighted by atomic mass is 9.73. The Morgan fingerprint density at radius 1 is 0.774 bits per heavy atom. The molecule has 0 bridgehead atoms. The van der Waals surface area contributed by atoms with Gasteiger partial charge < -0.3 is 35.6 Å². The number of nitrogens with two attached hydrogens (primary N) is 1. The summed E-state index contributed by atoms with van der Waals surface area (Å²) in [4.78, 5) is 30.8. The zero-order valence-corrected chi connectivity index (χ0v) is 30.5. The van der Waals surface area contributed by atoms with Crippen molar-refractivity contribution in [3.8, 4) is 22.8 Å². The van der Waals surface area contributed by atoms with Crippen LogP contribution in [0.4, 0.5) is 0 Å². The quantitative estimate of drug-likeness (QED) is 0.120. The minimum Gasteiger partial charge on any atom is -0.478 e. The second kappa shape index (κ2) is 13.3. The lowest BCUT2D eigenvalue weighted by Crippen LogP contribution is -2.35. The molecule has 6 aromatic rings. The van der Waals surface area contributed by atoms with E-state index in [1.54, 1.807) is 12.1 Å². The Labute approximate surface area is 306 Å². The number of benzene rings is 2. The van der Waals surface area contributed by atoms with Crippen molar-refractivity contribution >= 4 is 33.7 Å². The van der Waals surface area contributed by atoms with E-state index in [1.165, 1.54) is 16.7 Å². The Kier molecular flexibility index (Phi) is 8.75. The maximum Gasteiger partial charge on any atom is 0.335 e. The summed E-state index contributed by atoms with van der Waals surface area (Å²) in [6, 6.07) is 11.6. The molecule has 2 aliphatic carbocycles. The molecule has 1 unspecified atom stereocenters. The van der Waals surface area contributed by atoms with Crippen LogP contribution in [0.15, 0.2) is 48.8 Å². The van der Waals surface area contributed by atoms with Crippen LogP contribution in [0.2, 0.25) is 0 Å². The van der Waals surface area contributed by atoms with Gasteiger partial charge in [0.2, 0.25) is 0 Å². The van der Waals surface area contributed by atoms with E-state index in [0.717, 1.165) is 95.6 Å². The van der Waals surface area contributed by atoms with Crippen LogP contribution in [-0.4, -0.2) is 85.9 Å². The Hall–Kier alpha value is -5.24. The zero-order valence-electron chi connectivity index (χ0n) is 30.5. The van der Waals surface area contributed by atoms with Crippen LogP contribution < -0.4 is 11.1 Å². The number of aromatic amines is 4. The van der Waals surface area contributed by atoms with Gasteiger partial charge in [-0.3, -0.25) is 15.0 Å². The first-order valence-corrected chi connectivity index (χ1v) is 18.2. The van der Waals surface area contributed by atoms with E-state index >= 15 is 0 Å². The fourth-order valence-corrected chi connectivity index (χ4v) is 8.36. The maximum atomic E-state index is 12.7. The number of H-pyrrole nitrogens is 4. The summed E-state index contributed by atoms with van der Waals surface area (Å²) in [6.07, 6.45) is 7.51. The summed E-state index contributed by atoms with van der Waals surface area (Å²) in [5.41, 5.74) is 17.3. The normalized spacial score (nSPS) is 20.3. The van der Waals surface area contributed by atoms with Crippen molar-refractivity contribution in [1.82, 2.24) is 35.7 Å². The van der Waals surface area contributed by atoms with Gasteiger partial charge in [-0.2, -0.15) is 10.2 Å². The molecule has 1 amide bonds. The summed E-state index contributed by atoms with van der Waals surface area (Å²) < 4.78 is 10.3. The molecule has 2 aliphatic heterocycles. The maximum absolute atomic E-state index is 12.7. The number of amides is 1. The SMILES string of the molecule is CC1(C)Cc2cn[nH]c2-c2[nH]c3ccc(C(=O)NC4CCOC4)cc3c21.CC1(C)Cc2cn[nH]c2-c2[nH]c3ccc(C(=O)O)cc3c21.N[C@H]1CCOC1. The predicted molar refractivity (Wildman–Crippen MR) is 202 cm³/mol. The van der Waals surface area contributed by atoms with Crippen LogP contribution >= 0.6 is 0 Å². The molecular weight excluding hydrogens is 672 g/mol. The Balaban J connectivity index is 0.000000133. The van der Waals surface area contributed by atoms with E-state index in [-0.39, 0.29) is 22.8 Å². The summed E-state index contributed by atoms with van der Waals surface area (Å²) in [6.45, 7) is 11.8. The fourth-order valence-electron chi connectivity index (χ4n) is 8.36. The molecule has 2 aromatic carbocycles. The van der Waals surface area contributed by atoms with Crippen LogP contribution in [0.1, 0.15) is 83.5 Å². The molecule has 13 nitrogen and oxygen atoms in total. The van der Waals surface area contributed by atoms with E-state index in [1.807, 2.05) is 36.7 Å². The van der Waals surface area contributed by atoms with Crippen molar-refractivity contribution in [3.05, 3.63) is 82.2 Å². The topological polar surface area (TPSA) is 200 Å². The van der Waals surface area contributed by atoms with Crippen LogP contribution in [0, 0.1) is 0 Å². The first-order chi connectivity index (χ1) is 25.4. The third kappa shape index (κ3) is 6.42. The molecule has 4 aliphatic rings. The highest BCUT2D eigenvalue weighted by molar-refractivity contribution is 6.01. The molecule has 2 atom stereocenters. The highest BCUT2D eigenvalue weighted by Crippen LogP contribution is 2.47. The van der Waals surface area contributed by atoms with E-state index in [4.69, 9.17) is 15.2 Å². The molecule has 2 saturated heterocycles. The summed E-state index contributed by atoms with van der Waals surface area (Å²) in [5.74, 6) is -0.934. The number of hydrogen-bond donors (Lipinski definition) is 7. The molecule has 6 heterocycles. The van der Waals surface area contributed by atoms with Gasteiger partial charge in [-0.25, -0.2) is 4.79 Å². The van der Waals surface area contributed by atoms with Crippen molar-refractivity contribution in [3.63, 3.8) is 0 Å². The van der Waals surface area contributed by atoms with E-state index in [9.17, 15) is 14.7 Å². The molecule has 2 fully saturated rings. The molecule has 53 heavy (non-hydrogen) atoms. The van der Waals surface area contributed by atoms with Crippen molar-refractivity contribution in [2.75, 3.05) is 26.4 Å². The summed E-state index contributed by atoms with van der Waals surface area (Å²) in [7, 11) is 0. The number of aromatic carboxylic acids is 1. The lowest BCUT2D eigenvalue weighted by molar-refractivity contribution is 0.0696. The van der Waals surface area contributed by atoms with Crippen LogP contribution in [0.3, 0.4) is 0 Å². The highest BCUT2D eigenvalue weighted by Gasteiger charge is 2.37. The van der Waals surface area contributed by atoms with Gasteiger partial charge >= 0.3 is 5.97 Å². The molecule has 8 N–H and O–H groups in total. The van der Waals surface area contributed by atoms with Gasteiger partial charge in [0, 0.05) is 57.8 Å². The monoisotopic (exact) mass is 718 g/mol. The first kappa shape index (κ1) is 34.8. The van der Waals surface area contributed by atoms with Gasteiger partial charge in [0.05, 0.1) is 60.0 Å². The molecule has 0 spiro atoms. The average Bonchev–Trinajstić information content (AvgIpc) is 3.96. The largest absolute Gasteiger partial charge is 0.478 e. The number of carboxylic acids is 1. The number of carboxylic acid groups (broad SMARTS) is 1. The third-order valence-electron chi connectivity index (χ3n) is 10.9. The summed E-state index contributed by atoms with van der Waals surface area (Å²) >= 11 is 0. The van der Waals surface area contributed by atoms with Gasteiger partial charge in [-0.1, -0.05) is 27.7 Å². The molecular formula is C40H46N8O5. The minimum atomic E-state index is -0.900. The van der Waals surface area contributed by atoms with E-state index in [2.05, 4.69) is 63.4 Å². The second-order valence-electron chi connectivity index (χ2n) is 15.9. The number of nitrogens with zero attached hydrogens (tertiary/aromatic N) is 2. The van der Waals surface area contributed by atoms with Gasteiger partial charge in [0.15, 0.2) is 0 Å². The van der Waals surface area contributed by atoms with Crippen LogP contribution in [0.25, 0.3) is 44.6 Å². The number of carbonyl (C=O) groups excluding carboxylic acids is 1. The molecule has 0 radical (unpaired) electrons. The van der Waals surface area contributed by atoms with Gasteiger partial charge in [-0.05, 0) is 84.0 Å². The Morgan fingerprint density at radius 2 is 1.30 bits per heavy atom. The number of ether oxygens (including phenoxy) is 2. The second-order valence-corrected chi connectivity index (χ2v) is 15.9. The fraction of sp³-hybridized carbons (Fsp3) is 0.400. The predicted octanol–water partition coefficient (Wildman–Crippen LogP) is 5.73. The minimum absolute atomic E-state index is 0.0289. The lowest BCUT2D eigenvalue weighted by Gasteiger charge is -2.30. The smallest absolute Gasteiger partial charge is 0.335 e. The first-order valence-electron chi connectivity index (χ1n) is 18.2. The van der Waals surface area contributed by atoms with Crippen molar-refractivity contribution in [1.29, 1.82) is 0 Å². The third-order valence-corrected chi connectivity index (χ3v) is 10.9.